The minimum atomic E-state index is -1.27. The molecule has 1 unspecified atom stereocenters. The van der Waals surface area contributed by atoms with Crippen LogP contribution < -0.4 is 5.32 Å². The molecule has 0 spiro atoms. The van der Waals surface area contributed by atoms with Crippen molar-refractivity contribution < 1.29 is 29.3 Å². The third kappa shape index (κ3) is 10.9. The van der Waals surface area contributed by atoms with E-state index in [9.17, 15) is 14.4 Å². The fourth-order valence-electron chi connectivity index (χ4n) is 2.89. The van der Waals surface area contributed by atoms with Crippen LogP contribution in [0.5, 0.6) is 0 Å². The molecule has 0 fully saturated rings. The summed E-state index contributed by atoms with van der Waals surface area (Å²) in [7, 11) is 0. The SMILES string of the molecule is CCCCCCCC(OCC(=O)N[C@@H](CCC(=O)O)C(=O)O)c1ccc(Cl)cc1. The monoisotopic (exact) mass is 427 g/mol. The molecule has 1 aromatic rings. The zero-order valence-corrected chi connectivity index (χ0v) is 17.5. The van der Waals surface area contributed by atoms with Crippen molar-refractivity contribution in [2.24, 2.45) is 0 Å². The minimum Gasteiger partial charge on any atom is -0.481 e. The molecule has 0 heterocycles. The first-order chi connectivity index (χ1) is 13.8. The number of hydrogen-bond donors (Lipinski definition) is 3. The molecule has 1 amide bonds. The third-order valence-corrected chi connectivity index (χ3v) is 4.76. The second-order valence-corrected chi connectivity index (χ2v) is 7.38. The third-order valence-electron chi connectivity index (χ3n) is 4.51. The number of nitrogens with one attached hydrogen (secondary N) is 1. The number of carboxylic acids is 2. The quantitative estimate of drug-likeness (QED) is 0.362. The van der Waals surface area contributed by atoms with E-state index in [-0.39, 0.29) is 25.6 Å². The summed E-state index contributed by atoms with van der Waals surface area (Å²) in [6.45, 7) is 1.85. The number of hydrogen-bond acceptors (Lipinski definition) is 4. The lowest BCUT2D eigenvalue weighted by Gasteiger charge is -2.20. The van der Waals surface area contributed by atoms with Gasteiger partial charge in [-0.1, -0.05) is 62.8 Å². The maximum absolute atomic E-state index is 12.1. The highest BCUT2D eigenvalue weighted by Gasteiger charge is 2.22. The van der Waals surface area contributed by atoms with Gasteiger partial charge in [-0.25, -0.2) is 4.79 Å². The molecule has 8 heteroatoms. The molecule has 162 valence electrons. The highest BCUT2D eigenvalue weighted by molar-refractivity contribution is 6.30. The topological polar surface area (TPSA) is 113 Å². The van der Waals surface area contributed by atoms with Gasteiger partial charge in [0.15, 0.2) is 0 Å². The second kappa shape index (κ2) is 14.0. The molecule has 7 nitrogen and oxygen atoms in total. The van der Waals surface area contributed by atoms with Crippen molar-refractivity contribution in [2.45, 2.75) is 70.4 Å². The van der Waals surface area contributed by atoms with E-state index in [4.69, 9.17) is 26.6 Å². The van der Waals surface area contributed by atoms with Gasteiger partial charge in [0, 0.05) is 11.4 Å². The van der Waals surface area contributed by atoms with Gasteiger partial charge in [0.05, 0.1) is 6.10 Å². The van der Waals surface area contributed by atoms with E-state index in [1.54, 1.807) is 12.1 Å². The van der Waals surface area contributed by atoms with Crippen LogP contribution in [0.15, 0.2) is 24.3 Å². The number of amides is 1. The Hall–Kier alpha value is -2.12. The first-order valence-corrected chi connectivity index (χ1v) is 10.3. The zero-order chi connectivity index (χ0) is 21.6. The van der Waals surface area contributed by atoms with Crippen LogP contribution in [0.2, 0.25) is 5.02 Å². The number of halogens is 1. The lowest BCUT2D eigenvalue weighted by molar-refractivity contribution is -0.144. The van der Waals surface area contributed by atoms with Crippen molar-refractivity contribution in [1.29, 1.82) is 0 Å². The number of rotatable bonds is 15. The molecule has 0 aromatic heterocycles. The van der Waals surface area contributed by atoms with Crippen molar-refractivity contribution in [3.8, 4) is 0 Å². The van der Waals surface area contributed by atoms with Crippen molar-refractivity contribution in [1.82, 2.24) is 5.32 Å². The normalized spacial score (nSPS) is 12.9. The molecule has 3 N–H and O–H groups in total. The Morgan fingerprint density at radius 2 is 1.69 bits per heavy atom. The van der Waals surface area contributed by atoms with Crippen molar-refractivity contribution in [3.05, 3.63) is 34.9 Å². The van der Waals surface area contributed by atoms with E-state index >= 15 is 0 Å². The molecule has 0 radical (unpaired) electrons. The summed E-state index contributed by atoms with van der Waals surface area (Å²) >= 11 is 5.94. The number of aliphatic carboxylic acids is 2. The van der Waals surface area contributed by atoms with Gasteiger partial charge in [0.1, 0.15) is 12.6 Å². The molecular weight excluding hydrogens is 398 g/mol. The Morgan fingerprint density at radius 3 is 2.28 bits per heavy atom. The predicted molar refractivity (Wildman–Crippen MR) is 110 cm³/mol. The van der Waals surface area contributed by atoms with Crippen LogP contribution in [0.4, 0.5) is 0 Å². The Bertz CT molecular complexity index is 649. The first kappa shape index (κ1) is 24.9. The standard InChI is InChI=1S/C21H30ClNO6/c1-2-3-4-5-6-7-18(15-8-10-16(22)11-9-15)29-14-19(24)23-17(21(27)28)12-13-20(25)26/h8-11,17-18H,2-7,12-14H2,1H3,(H,23,24)(H,25,26)(H,27,28)/t17-,18?/m0/s1. The van der Waals surface area contributed by atoms with Crippen LogP contribution in [0.3, 0.4) is 0 Å². The molecule has 2 atom stereocenters. The Kier molecular flexibility index (Phi) is 12.0. The molecule has 0 saturated heterocycles. The number of benzene rings is 1. The van der Waals surface area contributed by atoms with Crippen LogP contribution in [-0.4, -0.2) is 40.7 Å². The molecule has 29 heavy (non-hydrogen) atoms. The molecule has 0 aliphatic heterocycles. The lowest BCUT2D eigenvalue weighted by Crippen LogP contribution is -2.42. The summed E-state index contributed by atoms with van der Waals surface area (Å²) in [5.74, 6) is -2.98. The van der Waals surface area contributed by atoms with E-state index in [0.29, 0.717) is 5.02 Å². The summed E-state index contributed by atoms with van der Waals surface area (Å²) in [5.41, 5.74) is 0.901. The fraction of sp³-hybridized carbons (Fsp3) is 0.571. The molecular formula is C21H30ClNO6. The number of carboxylic acid groups (broad SMARTS) is 2. The van der Waals surface area contributed by atoms with E-state index in [0.717, 1.165) is 37.7 Å². The largest absolute Gasteiger partial charge is 0.481 e. The van der Waals surface area contributed by atoms with E-state index in [1.165, 1.54) is 6.42 Å². The fourth-order valence-corrected chi connectivity index (χ4v) is 3.02. The van der Waals surface area contributed by atoms with Crippen LogP contribution in [0, 0.1) is 0 Å². The van der Waals surface area contributed by atoms with E-state index < -0.39 is 23.9 Å². The summed E-state index contributed by atoms with van der Waals surface area (Å²) < 4.78 is 5.78. The van der Waals surface area contributed by atoms with Crippen LogP contribution >= 0.6 is 11.6 Å². The maximum Gasteiger partial charge on any atom is 0.326 e. The van der Waals surface area contributed by atoms with E-state index in [2.05, 4.69) is 12.2 Å². The summed E-state index contributed by atoms with van der Waals surface area (Å²) in [5, 5.41) is 20.8. The van der Waals surface area contributed by atoms with Gasteiger partial charge in [-0.3, -0.25) is 9.59 Å². The van der Waals surface area contributed by atoms with Gasteiger partial charge in [-0.15, -0.1) is 0 Å². The van der Waals surface area contributed by atoms with Gasteiger partial charge >= 0.3 is 11.9 Å². The molecule has 0 bridgehead atoms. The van der Waals surface area contributed by atoms with Gasteiger partial charge in [0.25, 0.3) is 0 Å². The number of ether oxygens (including phenoxy) is 1. The molecule has 1 aromatic carbocycles. The second-order valence-electron chi connectivity index (χ2n) is 6.94. The highest BCUT2D eigenvalue weighted by Crippen LogP contribution is 2.25. The van der Waals surface area contributed by atoms with Gasteiger partial charge in [-0.2, -0.15) is 0 Å². The maximum atomic E-state index is 12.1. The summed E-state index contributed by atoms with van der Waals surface area (Å²) in [6.07, 6.45) is 5.41. The summed E-state index contributed by atoms with van der Waals surface area (Å²) in [4.78, 5) is 34.0. The van der Waals surface area contributed by atoms with Crippen LogP contribution in [0.1, 0.15) is 70.0 Å². The predicted octanol–water partition coefficient (Wildman–Crippen LogP) is 4.19. The number of unbranched alkanes of at least 4 members (excludes halogenated alkanes) is 4. The van der Waals surface area contributed by atoms with Crippen molar-refractivity contribution in [2.75, 3.05) is 6.61 Å². The average molecular weight is 428 g/mol. The number of carbonyl (C=O) groups excluding carboxylic acids is 1. The number of carbonyl (C=O) groups is 3. The van der Waals surface area contributed by atoms with Crippen LogP contribution in [-0.2, 0) is 19.1 Å². The van der Waals surface area contributed by atoms with E-state index in [1.807, 2.05) is 12.1 Å². The lowest BCUT2D eigenvalue weighted by atomic mass is 10.0. The highest BCUT2D eigenvalue weighted by atomic mass is 35.5. The van der Waals surface area contributed by atoms with Gasteiger partial charge < -0.3 is 20.3 Å². The molecule has 0 saturated carbocycles. The minimum absolute atomic E-state index is 0.186. The van der Waals surface area contributed by atoms with Crippen molar-refractivity contribution >= 4 is 29.4 Å². The average Bonchev–Trinajstić information content (AvgIpc) is 2.67. The Balaban J connectivity index is 2.62. The van der Waals surface area contributed by atoms with Crippen LogP contribution in [0.25, 0.3) is 0 Å². The molecule has 0 aliphatic rings. The Morgan fingerprint density at radius 1 is 1.03 bits per heavy atom. The van der Waals surface area contributed by atoms with Gasteiger partial charge in [-0.05, 0) is 30.5 Å². The summed E-state index contributed by atoms with van der Waals surface area (Å²) in [6, 6.07) is 5.96. The zero-order valence-electron chi connectivity index (χ0n) is 16.7. The van der Waals surface area contributed by atoms with Gasteiger partial charge in [0.2, 0.25) is 5.91 Å². The smallest absolute Gasteiger partial charge is 0.326 e. The first-order valence-electron chi connectivity index (χ1n) is 9.94. The molecule has 0 aliphatic carbocycles. The van der Waals surface area contributed by atoms with Crippen molar-refractivity contribution in [3.63, 3.8) is 0 Å². The molecule has 1 rings (SSSR count). The Labute approximate surface area is 176 Å².